The van der Waals surface area contributed by atoms with E-state index < -0.39 is 12.7 Å². The number of carbonyl (C=O) groups is 2. The molecule has 36 heavy (non-hydrogen) atoms. The molecule has 0 bridgehead atoms. The van der Waals surface area contributed by atoms with Crippen LogP contribution in [0.1, 0.15) is 43.1 Å². The zero-order valence-electron chi connectivity index (χ0n) is 19.7. The van der Waals surface area contributed by atoms with Crippen LogP contribution >= 0.6 is 11.3 Å². The third-order valence-electron chi connectivity index (χ3n) is 6.26. The van der Waals surface area contributed by atoms with Crippen molar-refractivity contribution in [2.24, 2.45) is 5.92 Å². The van der Waals surface area contributed by atoms with Crippen molar-refractivity contribution in [3.8, 4) is 11.4 Å². The van der Waals surface area contributed by atoms with Gasteiger partial charge in [-0.2, -0.15) is 13.9 Å². The fourth-order valence-electron chi connectivity index (χ4n) is 4.20. The molecular formula is C23H27F2N7O3S. The number of hydrogen-bond acceptors (Lipinski definition) is 8. The zero-order valence-corrected chi connectivity index (χ0v) is 20.5. The molecule has 10 nitrogen and oxygen atoms in total. The normalized spacial score (nSPS) is 17.5. The van der Waals surface area contributed by atoms with Gasteiger partial charge in [-0.3, -0.25) is 9.59 Å². The topological polar surface area (TPSA) is 114 Å². The Labute approximate surface area is 210 Å². The van der Waals surface area contributed by atoms with Gasteiger partial charge in [0.15, 0.2) is 5.82 Å². The van der Waals surface area contributed by atoms with E-state index in [9.17, 15) is 18.4 Å². The molecule has 1 atom stereocenters. The number of alkyl halides is 2. The average Bonchev–Trinajstić information content (AvgIpc) is 3.48. The number of ether oxygens (including phenoxy) is 1. The molecule has 4 heterocycles. The summed E-state index contributed by atoms with van der Waals surface area (Å²) >= 11 is 1.47. The van der Waals surface area contributed by atoms with Crippen molar-refractivity contribution >= 4 is 33.8 Å². The predicted octanol–water partition coefficient (Wildman–Crippen LogP) is 3.02. The monoisotopic (exact) mass is 519 g/mol. The molecule has 2 amide bonds. The highest BCUT2D eigenvalue weighted by Crippen LogP contribution is 2.30. The van der Waals surface area contributed by atoms with E-state index in [2.05, 4.69) is 30.4 Å². The van der Waals surface area contributed by atoms with Crippen molar-refractivity contribution in [3.05, 3.63) is 29.5 Å². The van der Waals surface area contributed by atoms with Gasteiger partial charge in [-0.1, -0.05) is 0 Å². The maximum atomic E-state index is 13.4. The van der Waals surface area contributed by atoms with E-state index in [1.54, 1.807) is 22.5 Å². The summed E-state index contributed by atoms with van der Waals surface area (Å²) in [5.41, 5.74) is 0.863. The van der Waals surface area contributed by atoms with Crippen LogP contribution in [0.4, 0.5) is 14.6 Å². The summed E-state index contributed by atoms with van der Waals surface area (Å²) in [6.07, 6.45) is 6.71. The van der Waals surface area contributed by atoms with Crippen LogP contribution in [0.5, 0.6) is 0 Å². The molecule has 1 saturated carbocycles. The molecule has 1 aliphatic carbocycles. The van der Waals surface area contributed by atoms with Gasteiger partial charge >= 0.3 is 6.61 Å². The largest absolute Gasteiger partial charge is 0.365 e. The average molecular weight is 520 g/mol. The maximum absolute atomic E-state index is 13.4. The Kier molecular flexibility index (Phi) is 7.10. The Bertz CT molecular complexity index is 1240. The first kappa shape index (κ1) is 24.5. The Morgan fingerprint density at radius 3 is 2.72 bits per heavy atom. The van der Waals surface area contributed by atoms with Crippen molar-refractivity contribution in [1.29, 1.82) is 0 Å². The Morgan fingerprint density at radius 1 is 1.22 bits per heavy atom. The molecule has 2 N–H and O–H groups in total. The van der Waals surface area contributed by atoms with E-state index >= 15 is 0 Å². The number of halogens is 2. The summed E-state index contributed by atoms with van der Waals surface area (Å²) < 4.78 is 31.0. The first-order valence-corrected chi connectivity index (χ1v) is 12.8. The molecule has 13 heteroatoms. The second kappa shape index (κ2) is 10.4. The SMILES string of the molecule is C[C@@H](COC(F)F)Nc1cc(C(=O)N2CCC(NC(=O)C3CC3)CC2)nc(-c2cnn3ccsc23)n1. The van der Waals surface area contributed by atoms with E-state index in [0.717, 1.165) is 17.7 Å². The fourth-order valence-corrected chi connectivity index (χ4v) is 4.99. The highest BCUT2D eigenvalue weighted by Gasteiger charge is 2.32. The lowest BCUT2D eigenvalue weighted by molar-refractivity contribution is -0.130. The Balaban J connectivity index is 1.34. The number of likely N-dealkylation sites (tertiary alicyclic amines) is 1. The lowest BCUT2D eigenvalue weighted by Crippen LogP contribution is -2.47. The summed E-state index contributed by atoms with van der Waals surface area (Å²) in [5.74, 6) is 0.661. The van der Waals surface area contributed by atoms with Gasteiger partial charge in [0.2, 0.25) is 5.91 Å². The minimum atomic E-state index is -2.87. The first-order valence-electron chi connectivity index (χ1n) is 11.9. The predicted molar refractivity (Wildman–Crippen MR) is 129 cm³/mol. The Hall–Kier alpha value is -3.19. The number of aromatic nitrogens is 4. The minimum Gasteiger partial charge on any atom is -0.365 e. The van der Waals surface area contributed by atoms with Crippen molar-refractivity contribution in [3.63, 3.8) is 0 Å². The zero-order chi connectivity index (χ0) is 25.2. The van der Waals surface area contributed by atoms with Gasteiger partial charge in [-0.15, -0.1) is 11.3 Å². The number of nitrogens with zero attached hydrogens (tertiary/aromatic N) is 5. The van der Waals surface area contributed by atoms with E-state index in [0.29, 0.717) is 43.1 Å². The summed E-state index contributed by atoms with van der Waals surface area (Å²) in [5, 5.41) is 12.3. The van der Waals surface area contributed by atoms with Gasteiger partial charge in [-0.25, -0.2) is 14.5 Å². The third-order valence-corrected chi connectivity index (χ3v) is 7.15. The van der Waals surface area contributed by atoms with Crippen molar-refractivity contribution in [2.75, 3.05) is 25.0 Å². The number of piperidine rings is 1. The number of rotatable bonds is 9. The molecule has 3 aromatic rings. The van der Waals surface area contributed by atoms with E-state index in [-0.39, 0.29) is 36.1 Å². The number of thiazole rings is 1. The number of amides is 2. The quantitative estimate of drug-likeness (QED) is 0.447. The van der Waals surface area contributed by atoms with Gasteiger partial charge in [0.05, 0.1) is 18.4 Å². The van der Waals surface area contributed by atoms with Gasteiger partial charge in [0, 0.05) is 48.7 Å². The van der Waals surface area contributed by atoms with Crippen molar-refractivity contribution < 1.29 is 23.1 Å². The molecule has 0 unspecified atom stereocenters. The number of carbonyl (C=O) groups excluding carboxylic acids is 2. The molecule has 2 fully saturated rings. The number of anilines is 1. The molecule has 0 radical (unpaired) electrons. The summed E-state index contributed by atoms with van der Waals surface area (Å²) in [7, 11) is 0. The molecule has 5 rings (SSSR count). The molecule has 192 valence electrons. The molecule has 1 aliphatic heterocycles. The summed E-state index contributed by atoms with van der Waals surface area (Å²) in [6, 6.07) is 1.11. The van der Waals surface area contributed by atoms with Gasteiger partial charge < -0.3 is 20.3 Å². The molecule has 0 aromatic carbocycles. The standard InChI is InChI=1S/C23H27F2N7O3S/c1-13(12-35-23(24)25)27-18-10-17(29-19(30-18)16-11-26-32-8-9-36-22(16)32)21(34)31-6-4-15(5-7-31)28-20(33)14-2-3-14/h8-11,13-15,23H,2-7,12H2,1H3,(H,28,33)(H,27,29,30)/t13-/m0/s1. The van der Waals surface area contributed by atoms with Gasteiger partial charge in [0.1, 0.15) is 16.3 Å². The highest BCUT2D eigenvalue weighted by molar-refractivity contribution is 7.16. The van der Waals surface area contributed by atoms with E-state index in [1.165, 1.54) is 17.4 Å². The third kappa shape index (κ3) is 5.62. The number of hydrogen-bond donors (Lipinski definition) is 2. The smallest absolute Gasteiger partial charge is 0.345 e. The summed E-state index contributed by atoms with van der Waals surface area (Å²) in [6.45, 7) is -0.424. The lowest BCUT2D eigenvalue weighted by Gasteiger charge is -2.32. The van der Waals surface area contributed by atoms with Crippen LogP contribution in [-0.4, -0.2) is 74.7 Å². The van der Waals surface area contributed by atoms with Crippen LogP contribution in [0.15, 0.2) is 23.8 Å². The van der Waals surface area contributed by atoms with Crippen LogP contribution < -0.4 is 10.6 Å². The van der Waals surface area contributed by atoms with Crippen LogP contribution in [0.25, 0.3) is 16.2 Å². The molecule has 2 aliphatic rings. The molecule has 3 aromatic heterocycles. The van der Waals surface area contributed by atoms with Crippen molar-refractivity contribution in [1.82, 2.24) is 29.8 Å². The van der Waals surface area contributed by atoms with Gasteiger partial charge in [0.25, 0.3) is 5.91 Å². The molecule has 0 spiro atoms. The van der Waals surface area contributed by atoms with E-state index in [1.807, 2.05) is 11.6 Å². The van der Waals surface area contributed by atoms with Crippen LogP contribution in [0, 0.1) is 5.92 Å². The number of nitrogens with one attached hydrogen (secondary N) is 2. The van der Waals surface area contributed by atoms with E-state index in [4.69, 9.17) is 0 Å². The van der Waals surface area contributed by atoms with Crippen LogP contribution in [0.2, 0.25) is 0 Å². The second-order valence-corrected chi connectivity index (χ2v) is 10.1. The Morgan fingerprint density at radius 2 is 2.00 bits per heavy atom. The van der Waals surface area contributed by atoms with Crippen molar-refractivity contribution in [2.45, 2.75) is 51.3 Å². The number of fused-ring (bicyclic) bond motifs is 1. The van der Waals surface area contributed by atoms with Crippen LogP contribution in [0.3, 0.4) is 0 Å². The van der Waals surface area contributed by atoms with Crippen LogP contribution in [-0.2, 0) is 9.53 Å². The minimum absolute atomic E-state index is 0.0653. The molecular weight excluding hydrogens is 492 g/mol. The highest BCUT2D eigenvalue weighted by atomic mass is 32.1. The maximum Gasteiger partial charge on any atom is 0.345 e. The lowest BCUT2D eigenvalue weighted by atomic mass is 10.0. The fraction of sp³-hybridized carbons (Fsp3) is 0.522. The first-order chi connectivity index (χ1) is 17.4. The second-order valence-electron chi connectivity index (χ2n) is 9.16. The summed E-state index contributed by atoms with van der Waals surface area (Å²) in [4.78, 5) is 37.1. The molecule has 1 saturated heterocycles. The van der Waals surface area contributed by atoms with Gasteiger partial charge in [-0.05, 0) is 32.6 Å².